The highest BCUT2D eigenvalue weighted by molar-refractivity contribution is 6.31. The maximum absolute atomic E-state index is 10.5. The summed E-state index contributed by atoms with van der Waals surface area (Å²) < 4.78 is 0. The molecule has 3 N–H and O–H groups in total. The molecule has 2 rings (SSSR count). The molecule has 1 aliphatic rings. The zero-order valence-electron chi connectivity index (χ0n) is 11.3. The van der Waals surface area contributed by atoms with Crippen LogP contribution >= 0.6 is 24.0 Å². The number of aliphatic hydroxyl groups is 1. The molecule has 2 nitrogen and oxygen atoms in total. The molecule has 0 spiro atoms. The van der Waals surface area contributed by atoms with E-state index in [4.69, 9.17) is 17.3 Å². The molecular formula is C15H23Cl2NO. The van der Waals surface area contributed by atoms with Crippen LogP contribution in [0.3, 0.4) is 0 Å². The Hall–Kier alpha value is -0.280. The summed E-state index contributed by atoms with van der Waals surface area (Å²) in [6.07, 6.45) is 5.37. The SMILES string of the molecule is Cc1cccc(Cl)c1[C@@H](N)[C@@H](O)C1CCCCC1.Cl. The molecule has 0 aromatic heterocycles. The summed E-state index contributed by atoms with van der Waals surface area (Å²) >= 11 is 6.22. The summed E-state index contributed by atoms with van der Waals surface area (Å²) in [5.74, 6) is 0.324. The molecule has 0 heterocycles. The molecule has 1 saturated carbocycles. The number of halogens is 2. The van der Waals surface area contributed by atoms with Gasteiger partial charge in [0, 0.05) is 5.02 Å². The lowest BCUT2D eigenvalue weighted by Gasteiger charge is -2.31. The number of hydrogen-bond donors (Lipinski definition) is 2. The lowest BCUT2D eigenvalue weighted by Crippen LogP contribution is -2.34. The van der Waals surface area contributed by atoms with Crippen molar-refractivity contribution in [1.82, 2.24) is 0 Å². The van der Waals surface area contributed by atoms with Gasteiger partial charge in [-0.1, -0.05) is 43.0 Å². The smallest absolute Gasteiger partial charge is 0.0761 e. The number of rotatable bonds is 3. The molecule has 1 aromatic carbocycles. The second-order valence-electron chi connectivity index (χ2n) is 5.38. The van der Waals surface area contributed by atoms with Crippen molar-refractivity contribution < 1.29 is 5.11 Å². The number of nitrogens with two attached hydrogens (primary N) is 1. The van der Waals surface area contributed by atoms with Crippen LogP contribution in [0.5, 0.6) is 0 Å². The predicted molar refractivity (Wildman–Crippen MR) is 82.9 cm³/mol. The van der Waals surface area contributed by atoms with Crippen LogP contribution < -0.4 is 5.73 Å². The Balaban J connectivity index is 0.00000180. The van der Waals surface area contributed by atoms with Gasteiger partial charge < -0.3 is 10.8 Å². The quantitative estimate of drug-likeness (QED) is 0.886. The van der Waals surface area contributed by atoms with Crippen molar-refractivity contribution in [2.45, 2.75) is 51.2 Å². The lowest BCUT2D eigenvalue weighted by atomic mass is 9.81. The lowest BCUT2D eigenvalue weighted by molar-refractivity contribution is 0.0616. The summed E-state index contributed by atoms with van der Waals surface area (Å²) in [5, 5.41) is 11.1. The first-order valence-corrected chi connectivity index (χ1v) is 7.17. The standard InChI is InChI=1S/C15H22ClNO.ClH/c1-10-6-5-9-12(16)13(10)14(17)15(18)11-7-3-2-4-8-11;/h5-6,9,11,14-15,18H,2-4,7-8,17H2,1H3;1H/t14-,15+;/m1./s1. The van der Waals surface area contributed by atoms with E-state index >= 15 is 0 Å². The first-order valence-electron chi connectivity index (χ1n) is 6.80. The molecule has 0 aliphatic heterocycles. The largest absolute Gasteiger partial charge is 0.391 e. The highest BCUT2D eigenvalue weighted by atomic mass is 35.5. The minimum Gasteiger partial charge on any atom is -0.391 e. The summed E-state index contributed by atoms with van der Waals surface area (Å²) in [7, 11) is 0. The van der Waals surface area contributed by atoms with Crippen molar-refractivity contribution in [2.24, 2.45) is 11.7 Å². The second kappa shape index (κ2) is 7.49. The monoisotopic (exact) mass is 303 g/mol. The van der Waals surface area contributed by atoms with Crippen LogP contribution in [0.1, 0.15) is 49.3 Å². The second-order valence-corrected chi connectivity index (χ2v) is 5.79. The maximum atomic E-state index is 10.5. The average molecular weight is 304 g/mol. The summed E-state index contributed by atoms with van der Waals surface area (Å²) in [6, 6.07) is 5.38. The van der Waals surface area contributed by atoms with Crippen LogP contribution in [0.4, 0.5) is 0 Å². The van der Waals surface area contributed by atoms with Gasteiger partial charge in [-0.05, 0) is 42.9 Å². The minimum absolute atomic E-state index is 0. The van der Waals surface area contributed by atoms with E-state index in [2.05, 4.69) is 0 Å². The third-order valence-electron chi connectivity index (χ3n) is 4.11. The Morgan fingerprint density at radius 2 is 1.89 bits per heavy atom. The Morgan fingerprint density at radius 1 is 1.26 bits per heavy atom. The van der Waals surface area contributed by atoms with Crippen molar-refractivity contribution in [3.05, 3.63) is 34.3 Å². The molecule has 19 heavy (non-hydrogen) atoms. The fourth-order valence-electron chi connectivity index (χ4n) is 3.01. The molecule has 0 amide bonds. The predicted octanol–water partition coefficient (Wildman–Crippen LogP) is 4.01. The highest BCUT2D eigenvalue weighted by Gasteiger charge is 2.29. The number of benzene rings is 1. The first-order chi connectivity index (χ1) is 8.61. The van der Waals surface area contributed by atoms with E-state index in [0.717, 1.165) is 24.0 Å². The van der Waals surface area contributed by atoms with Gasteiger partial charge >= 0.3 is 0 Å². The molecule has 0 bridgehead atoms. The zero-order valence-corrected chi connectivity index (χ0v) is 12.9. The molecule has 1 aliphatic carbocycles. The van der Waals surface area contributed by atoms with Crippen LogP contribution in [0.15, 0.2) is 18.2 Å². The number of hydrogen-bond acceptors (Lipinski definition) is 2. The van der Waals surface area contributed by atoms with Gasteiger partial charge in [0.2, 0.25) is 0 Å². The van der Waals surface area contributed by atoms with Gasteiger partial charge in [0.05, 0.1) is 12.1 Å². The van der Waals surface area contributed by atoms with E-state index in [0.29, 0.717) is 10.9 Å². The topological polar surface area (TPSA) is 46.2 Å². The number of aliphatic hydroxyl groups excluding tert-OH is 1. The highest BCUT2D eigenvalue weighted by Crippen LogP contribution is 2.34. The van der Waals surface area contributed by atoms with Crippen molar-refractivity contribution in [2.75, 3.05) is 0 Å². The summed E-state index contributed by atoms with van der Waals surface area (Å²) in [5.41, 5.74) is 8.20. The Bertz CT molecular complexity index is 385. The van der Waals surface area contributed by atoms with Crippen molar-refractivity contribution >= 4 is 24.0 Å². The van der Waals surface area contributed by atoms with Crippen LogP contribution in [0.2, 0.25) is 5.02 Å². The third kappa shape index (κ3) is 3.85. The first kappa shape index (κ1) is 16.8. The Morgan fingerprint density at radius 3 is 2.47 bits per heavy atom. The zero-order chi connectivity index (χ0) is 13.1. The van der Waals surface area contributed by atoms with Gasteiger partial charge in [-0.25, -0.2) is 0 Å². The molecule has 0 radical (unpaired) electrons. The van der Waals surface area contributed by atoms with E-state index in [1.807, 2.05) is 25.1 Å². The average Bonchev–Trinajstić information content (AvgIpc) is 2.38. The van der Waals surface area contributed by atoms with Gasteiger partial charge in [-0.2, -0.15) is 0 Å². The molecule has 0 saturated heterocycles. The van der Waals surface area contributed by atoms with Gasteiger partial charge in [-0.3, -0.25) is 0 Å². The third-order valence-corrected chi connectivity index (χ3v) is 4.43. The molecule has 1 fully saturated rings. The van der Waals surface area contributed by atoms with Crippen LogP contribution in [-0.2, 0) is 0 Å². The van der Waals surface area contributed by atoms with E-state index < -0.39 is 6.10 Å². The molecule has 0 unspecified atom stereocenters. The molecular weight excluding hydrogens is 281 g/mol. The van der Waals surface area contributed by atoms with Gasteiger partial charge in [-0.15, -0.1) is 12.4 Å². The Kier molecular flexibility index (Phi) is 6.61. The van der Waals surface area contributed by atoms with Crippen molar-refractivity contribution in [1.29, 1.82) is 0 Å². The van der Waals surface area contributed by atoms with Crippen LogP contribution in [0, 0.1) is 12.8 Å². The molecule has 1 aromatic rings. The number of aryl methyl sites for hydroxylation is 1. The maximum Gasteiger partial charge on any atom is 0.0761 e. The normalized spacial score (nSPS) is 19.6. The fraction of sp³-hybridized carbons (Fsp3) is 0.600. The van der Waals surface area contributed by atoms with Gasteiger partial charge in [0.15, 0.2) is 0 Å². The van der Waals surface area contributed by atoms with Gasteiger partial charge in [0.1, 0.15) is 0 Å². The Labute approximate surface area is 126 Å². The molecule has 4 heteroatoms. The van der Waals surface area contributed by atoms with E-state index in [1.54, 1.807) is 0 Å². The van der Waals surface area contributed by atoms with Gasteiger partial charge in [0.25, 0.3) is 0 Å². The van der Waals surface area contributed by atoms with Crippen LogP contribution in [-0.4, -0.2) is 11.2 Å². The van der Waals surface area contributed by atoms with E-state index in [9.17, 15) is 5.11 Å². The fourth-order valence-corrected chi connectivity index (χ4v) is 3.35. The van der Waals surface area contributed by atoms with Crippen molar-refractivity contribution in [3.63, 3.8) is 0 Å². The van der Waals surface area contributed by atoms with Crippen LogP contribution in [0.25, 0.3) is 0 Å². The summed E-state index contributed by atoms with van der Waals surface area (Å²) in [6.45, 7) is 1.99. The minimum atomic E-state index is -0.483. The molecule has 2 atom stereocenters. The molecule has 108 valence electrons. The van der Waals surface area contributed by atoms with E-state index in [1.165, 1.54) is 19.3 Å². The summed E-state index contributed by atoms with van der Waals surface area (Å²) in [4.78, 5) is 0. The van der Waals surface area contributed by atoms with E-state index in [-0.39, 0.29) is 18.4 Å². The van der Waals surface area contributed by atoms with Crippen molar-refractivity contribution in [3.8, 4) is 0 Å².